The van der Waals surface area contributed by atoms with Crippen molar-refractivity contribution in [2.75, 3.05) is 5.32 Å². The predicted molar refractivity (Wildman–Crippen MR) is 72.0 cm³/mol. The van der Waals surface area contributed by atoms with Crippen LogP contribution in [0.5, 0.6) is 0 Å². The zero-order chi connectivity index (χ0) is 13.1. The maximum absolute atomic E-state index is 12.1. The van der Waals surface area contributed by atoms with E-state index in [1.165, 1.54) is 17.7 Å². The van der Waals surface area contributed by atoms with Crippen LogP contribution in [0, 0.1) is 0 Å². The molecular weight excluding hydrogens is 262 g/mol. The molecule has 0 saturated carbocycles. The first-order valence-corrected chi connectivity index (χ1v) is 6.42. The van der Waals surface area contributed by atoms with Crippen LogP contribution in [0.15, 0.2) is 52.7 Å². The monoisotopic (exact) mass is 271 g/mol. The Labute approximate surface area is 112 Å². The number of thiazole rings is 1. The van der Waals surface area contributed by atoms with Crippen molar-refractivity contribution in [2.45, 2.75) is 0 Å². The fourth-order valence-electron chi connectivity index (χ4n) is 1.65. The molecule has 3 aromatic rings. The fraction of sp³-hybridized carbons (Fsp3) is 0. The maximum Gasteiger partial charge on any atom is 0.295 e. The summed E-state index contributed by atoms with van der Waals surface area (Å²) in [7, 11) is 0. The molecule has 5 nitrogen and oxygen atoms in total. The van der Waals surface area contributed by atoms with E-state index in [-0.39, 0.29) is 11.7 Å². The topological polar surface area (TPSA) is 68.0 Å². The number of carbonyl (C=O) groups is 1. The number of amides is 1. The first kappa shape index (κ1) is 11.6. The third-order valence-corrected chi connectivity index (χ3v) is 3.16. The zero-order valence-electron chi connectivity index (χ0n) is 9.74. The lowest BCUT2D eigenvalue weighted by Crippen LogP contribution is -2.11. The van der Waals surface area contributed by atoms with Gasteiger partial charge in [0.2, 0.25) is 5.76 Å². The highest BCUT2D eigenvalue weighted by Gasteiger charge is 2.18. The molecule has 2 heterocycles. The van der Waals surface area contributed by atoms with Crippen LogP contribution in [0.25, 0.3) is 11.3 Å². The molecule has 0 aliphatic carbocycles. The van der Waals surface area contributed by atoms with Gasteiger partial charge in [0.05, 0.1) is 0 Å². The second-order valence-electron chi connectivity index (χ2n) is 3.69. The lowest BCUT2D eigenvalue weighted by atomic mass is 10.1. The van der Waals surface area contributed by atoms with Gasteiger partial charge < -0.3 is 4.42 Å². The molecular formula is C13H9N3O2S. The second-order valence-corrected chi connectivity index (χ2v) is 4.58. The van der Waals surface area contributed by atoms with Crippen LogP contribution in [0.4, 0.5) is 5.13 Å². The van der Waals surface area contributed by atoms with Gasteiger partial charge in [-0.1, -0.05) is 30.3 Å². The zero-order valence-corrected chi connectivity index (χ0v) is 10.6. The van der Waals surface area contributed by atoms with Crippen molar-refractivity contribution in [3.8, 4) is 11.3 Å². The van der Waals surface area contributed by atoms with Crippen molar-refractivity contribution >= 4 is 22.4 Å². The Hall–Kier alpha value is -2.47. The molecule has 0 aliphatic rings. The summed E-state index contributed by atoms with van der Waals surface area (Å²) in [5.41, 5.74) is 1.36. The van der Waals surface area contributed by atoms with Gasteiger partial charge in [0.1, 0.15) is 5.69 Å². The van der Waals surface area contributed by atoms with Crippen LogP contribution in [0.2, 0.25) is 0 Å². The van der Waals surface area contributed by atoms with Crippen LogP contribution in [-0.4, -0.2) is 15.9 Å². The minimum atomic E-state index is -0.355. The van der Waals surface area contributed by atoms with Gasteiger partial charge in [-0.3, -0.25) is 10.1 Å². The highest BCUT2D eigenvalue weighted by molar-refractivity contribution is 7.13. The van der Waals surface area contributed by atoms with Gasteiger partial charge in [-0.2, -0.15) is 0 Å². The van der Waals surface area contributed by atoms with E-state index in [1.54, 1.807) is 11.6 Å². The number of carbonyl (C=O) groups excluding carboxylic acids is 1. The average molecular weight is 271 g/mol. The summed E-state index contributed by atoms with van der Waals surface area (Å²) in [6, 6.07) is 9.41. The smallest absolute Gasteiger partial charge is 0.295 e. The summed E-state index contributed by atoms with van der Waals surface area (Å²) in [6.45, 7) is 0. The molecule has 0 saturated heterocycles. The number of oxazole rings is 1. The highest BCUT2D eigenvalue weighted by atomic mass is 32.1. The molecule has 6 heteroatoms. The molecule has 0 unspecified atom stereocenters. The minimum Gasteiger partial charge on any atom is -0.438 e. The lowest BCUT2D eigenvalue weighted by molar-refractivity contribution is 0.0997. The molecule has 1 aromatic carbocycles. The summed E-state index contributed by atoms with van der Waals surface area (Å²) in [4.78, 5) is 20.2. The van der Waals surface area contributed by atoms with Crippen LogP contribution >= 0.6 is 11.3 Å². The summed E-state index contributed by atoms with van der Waals surface area (Å²) < 4.78 is 5.18. The molecule has 19 heavy (non-hydrogen) atoms. The van der Waals surface area contributed by atoms with E-state index in [2.05, 4.69) is 15.3 Å². The fourth-order valence-corrected chi connectivity index (χ4v) is 2.17. The van der Waals surface area contributed by atoms with Crippen LogP contribution in [-0.2, 0) is 0 Å². The number of benzene rings is 1. The van der Waals surface area contributed by atoms with Gasteiger partial charge in [-0.05, 0) is 0 Å². The number of nitrogens with one attached hydrogen (secondary N) is 1. The summed E-state index contributed by atoms with van der Waals surface area (Å²) in [5.74, 6) is -0.173. The number of rotatable bonds is 3. The van der Waals surface area contributed by atoms with Gasteiger partial charge in [-0.25, -0.2) is 9.97 Å². The average Bonchev–Trinajstić information content (AvgIpc) is 3.10. The Kier molecular flexibility index (Phi) is 3.07. The molecule has 94 valence electrons. The van der Waals surface area contributed by atoms with Crippen LogP contribution < -0.4 is 5.32 Å². The number of anilines is 1. The van der Waals surface area contributed by atoms with Gasteiger partial charge in [0.25, 0.3) is 5.91 Å². The Balaban J connectivity index is 1.90. The third-order valence-electron chi connectivity index (χ3n) is 2.47. The lowest BCUT2D eigenvalue weighted by Gasteiger charge is -2.01. The SMILES string of the molecule is O=C(Nc1nccs1)c1ocnc1-c1ccccc1. The summed E-state index contributed by atoms with van der Waals surface area (Å²) >= 11 is 1.35. The van der Waals surface area contributed by atoms with E-state index in [0.29, 0.717) is 10.8 Å². The normalized spacial score (nSPS) is 10.3. The molecule has 0 radical (unpaired) electrons. The van der Waals surface area contributed by atoms with E-state index >= 15 is 0 Å². The molecule has 0 aliphatic heterocycles. The van der Waals surface area contributed by atoms with Crippen molar-refractivity contribution in [3.63, 3.8) is 0 Å². The first-order chi connectivity index (χ1) is 9.34. The molecule has 0 fully saturated rings. The predicted octanol–water partition coefficient (Wildman–Crippen LogP) is 3.05. The van der Waals surface area contributed by atoms with E-state index in [9.17, 15) is 4.79 Å². The van der Waals surface area contributed by atoms with E-state index in [1.807, 2.05) is 30.3 Å². The van der Waals surface area contributed by atoms with Crippen molar-refractivity contribution < 1.29 is 9.21 Å². The maximum atomic E-state index is 12.1. The molecule has 1 amide bonds. The Morgan fingerprint density at radius 3 is 2.79 bits per heavy atom. The Morgan fingerprint density at radius 2 is 2.05 bits per heavy atom. The van der Waals surface area contributed by atoms with Crippen molar-refractivity contribution in [3.05, 3.63) is 54.1 Å². The quantitative estimate of drug-likeness (QED) is 0.795. The van der Waals surface area contributed by atoms with Crippen molar-refractivity contribution in [2.24, 2.45) is 0 Å². The molecule has 0 spiro atoms. The van der Waals surface area contributed by atoms with Gasteiger partial charge in [-0.15, -0.1) is 11.3 Å². The van der Waals surface area contributed by atoms with E-state index < -0.39 is 0 Å². The van der Waals surface area contributed by atoms with Gasteiger partial charge in [0, 0.05) is 17.1 Å². The van der Waals surface area contributed by atoms with E-state index in [4.69, 9.17) is 4.42 Å². The molecule has 1 N–H and O–H groups in total. The second kappa shape index (κ2) is 5.03. The van der Waals surface area contributed by atoms with Crippen molar-refractivity contribution in [1.29, 1.82) is 0 Å². The molecule has 2 aromatic heterocycles. The third kappa shape index (κ3) is 2.38. The Morgan fingerprint density at radius 1 is 1.21 bits per heavy atom. The summed E-state index contributed by atoms with van der Waals surface area (Å²) in [6.07, 6.45) is 2.89. The minimum absolute atomic E-state index is 0.182. The standard InChI is InChI=1S/C13H9N3O2S/c17-12(16-13-14-6-7-19-13)11-10(15-8-18-11)9-4-2-1-3-5-9/h1-8H,(H,14,16,17). The van der Waals surface area contributed by atoms with Crippen LogP contribution in [0.1, 0.15) is 10.6 Å². The largest absolute Gasteiger partial charge is 0.438 e. The highest BCUT2D eigenvalue weighted by Crippen LogP contribution is 2.23. The number of hydrogen-bond acceptors (Lipinski definition) is 5. The van der Waals surface area contributed by atoms with Gasteiger partial charge >= 0.3 is 0 Å². The molecule has 3 rings (SSSR count). The number of nitrogens with zero attached hydrogens (tertiary/aromatic N) is 2. The molecule has 0 atom stereocenters. The number of aromatic nitrogens is 2. The first-order valence-electron chi connectivity index (χ1n) is 5.54. The van der Waals surface area contributed by atoms with Crippen LogP contribution in [0.3, 0.4) is 0 Å². The van der Waals surface area contributed by atoms with Gasteiger partial charge in [0.15, 0.2) is 11.5 Å². The Bertz CT molecular complexity index is 677. The summed E-state index contributed by atoms with van der Waals surface area (Å²) in [5, 5.41) is 4.98. The van der Waals surface area contributed by atoms with Crippen molar-refractivity contribution in [1.82, 2.24) is 9.97 Å². The van der Waals surface area contributed by atoms with E-state index in [0.717, 1.165) is 5.56 Å². The molecule has 0 bridgehead atoms. The number of hydrogen-bond donors (Lipinski definition) is 1.